The van der Waals surface area contributed by atoms with Gasteiger partial charge in [-0.25, -0.2) is 0 Å². The van der Waals surface area contributed by atoms with E-state index in [9.17, 15) is 10.2 Å². The van der Waals surface area contributed by atoms with E-state index in [1.54, 1.807) is 6.92 Å². The van der Waals surface area contributed by atoms with Gasteiger partial charge in [0.15, 0.2) is 0 Å². The molecule has 4 nitrogen and oxygen atoms in total. The molecule has 146 valence electrons. The molecule has 0 radical (unpaired) electrons. The number of hydrogen-bond acceptors (Lipinski definition) is 4. The van der Waals surface area contributed by atoms with Gasteiger partial charge in [0.2, 0.25) is 0 Å². The maximum Gasteiger partial charge on any atom is 0.132 e. The molecule has 2 atom stereocenters. The number of phenolic OH excluding ortho intramolecular Hbond substituents is 1. The Balaban J connectivity index is 2.24. The van der Waals surface area contributed by atoms with Crippen LogP contribution in [0.1, 0.15) is 83.3 Å². The van der Waals surface area contributed by atoms with Crippen LogP contribution in [0, 0.1) is 0 Å². The Morgan fingerprint density at radius 2 is 1.88 bits per heavy atom. The van der Waals surface area contributed by atoms with Gasteiger partial charge in [0, 0.05) is 6.42 Å². The smallest absolute Gasteiger partial charge is 0.132 e. The molecule has 1 heterocycles. The standard InChI is InChI=1S/C22H35NO3/c1-4-6-8-10-17-12-20(25)22-19(23-15-16(3)24)14-18(11-9-7-5-2)26-21(22)13-17/h12-13,16,18,24-25H,4-11,14-15H2,1-3H3/t16-,18?/m1/s1. The molecule has 0 saturated heterocycles. The Morgan fingerprint density at radius 3 is 2.58 bits per heavy atom. The van der Waals surface area contributed by atoms with Crippen molar-refractivity contribution in [2.75, 3.05) is 6.54 Å². The second-order valence-corrected chi connectivity index (χ2v) is 7.52. The Bertz CT molecular complexity index is 595. The largest absolute Gasteiger partial charge is 0.507 e. The molecule has 0 amide bonds. The van der Waals surface area contributed by atoms with Gasteiger partial charge >= 0.3 is 0 Å². The van der Waals surface area contributed by atoms with E-state index in [0.29, 0.717) is 13.0 Å². The van der Waals surface area contributed by atoms with Crippen LogP contribution in [0.3, 0.4) is 0 Å². The number of unbranched alkanes of at least 4 members (excludes halogenated alkanes) is 4. The highest BCUT2D eigenvalue weighted by Gasteiger charge is 2.28. The lowest BCUT2D eigenvalue weighted by molar-refractivity contribution is 0.185. The van der Waals surface area contributed by atoms with Crippen LogP contribution in [0.15, 0.2) is 17.1 Å². The maximum absolute atomic E-state index is 10.6. The molecule has 2 N–H and O–H groups in total. The maximum atomic E-state index is 10.6. The number of aliphatic hydroxyl groups is 1. The number of ether oxygens (including phenoxy) is 1. The predicted octanol–water partition coefficient (Wildman–Crippen LogP) is 5.03. The molecule has 0 aromatic heterocycles. The average molecular weight is 362 g/mol. The fourth-order valence-electron chi connectivity index (χ4n) is 3.47. The monoisotopic (exact) mass is 361 g/mol. The molecular weight excluding hydrogens is 326 g/mol. The van der Waals surface area contributed by atoms with Crippen molar-refractivity contribution in [2.24, 2.45) is 4.99 Å². The van der Waals surface area contributed by atoms with E-state index in [1.807, 2.05) is 6.07 Å². The second kappa shape index (κ2) is 10.6. The minimum atomic E-state index is -0.484. The number of aliphatic imine (C=N–C) groups is 1. The molecule has 1 aromatic carbocycles. The van der Waals surface area contributed by atoms with Crippen LogP contribution in [0.2, 0.25) is 0 Å². The molecular formula is C22H35NO3. The molecule has 0 saturated carbocycles. The summed E-state index contributed by atoms with van der Waals surface area (Å²) in [5.41, 5.74) is 2.71. The van der Waals surface area contributed by atoms with Gasteiger partial charge in [-0.2, -0.15) is 0 Å². The number of aryl methyl sites for hydroxylation is 1. The predicted molar refractivity (Wildman–Crippen MR) is 108 cm³/mol. The third-order valence-electron chi connectivity index (χ3n) is 4.89. The van der Waals surface area contributed by atoms with Gasteiger partial charge < -0.3 is 14.9 Å². The van der Waals surface area contributed by atoms with Crippen LogP contribution in [-0.4, -0.2) is 34.7 Å². The molecule has 26 heavy (non-hydrogen) atoms. The van der Waals surface area contributed by atoms with Crippen LogP contribution in [0.25, 0.3) is 0 Å². The van der Waals surface area contributed by atoms with Crippen molar-refractivity contribution in [1.29, 1.82) is 0 Å². The zero-order valence-corrected chi connectivity index (χ0v) is 16.6. The summed E-state index contributed by atoms with van der Waals surface area (Å²) < 4.78 is 6.24. The van der Waals surface area contributed by atoms with Crippen molar-refractivity contribution in [3.8, 4) is 11.5 Å². The van der Waals surface area contributed by atoms with Crippen molar-refractivity contribution < 1.29 is 14.9 Å². The van der Waals surface area contributed by atoms with Gasteiger partial charge in [0.05, 0.1) is 23.9 Å². The summed E-state index contributed by atoms with van der Waals surface area (Å²) >= 11 is 0. The average Bonchev–Trinajstić information content (AvgIpc) is 2.60. The van der Waals surface area contributed by atoms with Crippen LogP contribution in [0.4, 0.5) is 0 Å². The van der Waals surface area contributed by atoms with Gasteiger partial charge in [-0.3, -0.25) is 4.99 Å². The number of rotatable bonds is 10. The first-order valence-electron chi connectivity index (χ1n) is 10.3. The summed E-state index contributed by atoms with van der Waals surface area (Å²) in [6.45, 7) is 6.49. The highest BCUT2D eigenvalue weighted by atomic mass is 16.5. The third-order valence-corrected chi connectivity index (χ3v) is 4.89. The van der Waals surface area contributed by atoms with Gasteiger partial charge in [-0.05, 0) is 50.3 Å². The van der Waals surface area contributed by atoms with E-state index in [0.717, 1.165) is 48.3 Å². The van der Waals surface area contributed by atoms with Crippen LogP contribution in [0.5, 0.6) is 11.5 Å². The quantitative estimate of drug-likeness (QED) is 0.575. The van der Waals surface area contributed by atoms with Gasteiger partial charge in [0.1, 0.15) is 17.6 Å². The fraction of sp³-hybridized carbons (Fsp3) is 0.682. The summed E-state index contributed by atoms with van der Waals surface area (Å²) in [4.78, 5) is 4.60. The van der Waals surface area contributed by atoms with E-state index in [1.165, 1.54) is 25.7 Å². The van der Waals surface area contributed by atoms with E-state index in [2.05, 4.69) is 24.9 Å². The second-order valence-electron chi connectivity index (χ2n) is 7.52. The molecule has 0 aliphatic carbocycles. The number of nitrogens with zero attached hydrogens (tertiary/aromatic N) is 1. The van der Waals surface area contributed by atoms with E-state index >= 15 is 0 Å². The molecule has 0 spiro atoms. The SMILES string of the molecule is CCCCCc1cc(O)c2c(c1)OC(CCCCC)CC2=NC[C@@H](C)O. The zero-order chi connectivity index (χ0) is 18.9. The Morgan fingerprint density at radius 1 is 1.15 bits per heavy atom. The Hall–Kier alpha value is -1.55. The van der Waals surface area contributed by atoms with Crippen molar-refractivity contribution in [1.82, 2.24) is 0 Å². The number of phenols is 1. The summed E-state index contributed by atoms with van der Waals surface area (Å²) in [5.74, 6) is 1.01. The van der Waals surface area contributed by atoms with Crippen LogP contribution < -0.4 is 4.74 Å². The van der Waals surface area contributed by atoms with E-state index in [-0.39, 0.29) is 11.9 Å². The normalized spacial score (nSPS) is 19.2. The van der Waals surface area contributed by atoms with Crippen molar-refractivity contribution in [3.05, 3.63) is 23.3 Å². The third kappa shape index (κ3) is 6.01. The summed E-state index contributed by atoms with van der Waals surface area (Å²) in [6, 6.07) is 3.93. The Labute approximate surface area is 158 Å². The molecule has 1 unspecified atom stereocenters. The first kappa shape index (κ1) is 20.8. The molecule has 1 aliphatic rings. The number of aromatic hydroxyl groups is 1. The van der Waals surface area contributed by atoms with Gasteiger partial charge in [-0.15, -0.1) is 0 Å². The fourth-order valence-corrected chi connectivity index (χ4v) is 3.47. The molecule has 4 heteroatoms. The molecule has 0 fully saturated rings. The highest BCUT2D eigenvalue weighted by molar-refractivity contribution is 6.06. The van der Waals surface area contributed by atoms with Crippen LogP contribution >= 0.6 is 0 Å². The molecule has 0 bridgehead atoms. The van der Waals surface area contributed by atoms with E-state index < -0.39 is 6.10 Å². The minimum absolute atomic E-state index is 0.104. The van der Waals surface area contributed by atoms with Crippen LogP contribution in [-0.2, 0) is 6.42 Å². The first-order chi connectivity index (χ1) is 12.5. The zero-order valence-electron chi connectivity index (χ0n) is 16.6. The molecule has 2 rings (SSSR count). The minimum Gasteiger partial charge on any atom is -0.507 e. The van der Waals surface area contributed by atoms with Crippen molar-refractivity contribution in [2.45, 2.75) is 90.8 Å². The lowest BCUT2D eigenvalue weighted by Gasteiger charge is -2.29. The summed E-state index contributed by atoms with van der Waals surface area (Å²) in [6.07, 6.45) is 9.31. The lowest BCUT2D eigenvalue weighted by atomic mass is 9.93. The molecule has 1 aromatic rings. The van der Waals surface area contributed by atoms with Crippen molar-refractivity contribution in [3.63, 3.8) is 0 Å². The highest BCUT2D eigenvalue weighted by Crippen LogP contribution is 2.37. The van der Waals surface area contributed by atoms with Gasteiger partial charge in [0.25, 0.3) is 0 Å². The summed E-state index contributed by atoms with van der Waals surface area (Å²) in [5, 5.41) is 20.2. The van der Waals surface area contributed by atoms with Gasteiger partial charge in [-0.1, -0.05) is 39.5 Å². The molecule has 1 aliphatic heterocycles. The topological polar surface area (TPSA) is 62.0 Å². The van der Waals surface area contributed by atoms with Crippen molar-refractivity contribution >= 4 is 5.71 Å². The Kier molecular flexibility index (Phi) is 8.43. The number of hydrogen-bond donors (Lipinski definition) is 2. The van der Waals surface area contributed by atoms with E-state index in [4.69, 9.17) is 4.74 Å². The first-order valence-corrected chi connectivity index (χ1v) is 10.3. The summed E-state index contributed by atoms with van der Waals surface area (Å²) in [7, 11) is 0. The lowest BCUT2D eigenvalue weighted by Crippen LogP contribution is -2.28. The number of fused-ring (bicyclic) bond motifs is 1. The number of aliphatic hydroxyl groups excluding tert-OH is 1. The number of benzene rings is 1.